The van der Waals surface area contributed by atoms with Crippen molar-refractivity contribution in [2.24, 2.45) is 0 Å². The van der Waals surface area contributed by atoms with E-state index in [2.05, 4.69) is 10.3 Å². The molecule has 0 unspecified atom stereocenters. The number of nitrogens with one attached hydrogen (secondary N) is 1. The second kappa shape index (κ2) is 9.96. The van der Waals surface area contributed by atoms with Gasteiger partial charge in [0, 0.05) is 16.7 Å². The van der Waals surface area contributed by atoms with E-state index < -0.39 is 5.82 Å². The number of carbonyl (C=O) groups is 1. The number of halogens is 2. The fourth-order valence-electron chi connectivity index (χ4n) is 2.50. The number of anilines is 1. The highest BCUT2D eigenvalue weighted by Gasteiger charge is 2.11. The molecule has 0 aliphatic heterocycles. The van der Waals surface area contributed by atoms with E-state index >= 15 is 0 Å². The monoisotopic (exact) mass is 452 g/mol. The number of hydrogen-bond acceptors (Lipinski definition) is 6. The van der Waals surface area contributed by atoms with E-state index in [1.165, 1.54) is 35.2 Å². The third-order valence-corrected chi connectivity index (χ3v) is 6.09. The zero-order valence-corrected chi connectivity index (χ0v) is 18.1. The number of ether oxygens (including phenoxy) is 2. The number of hydrogen-bond donors (Lipinski definition) is 1. The first-order valence-electron chi connectivity index (χ1n) is 8.49. The van der Waals surface area contributed by atoms with Crippen LogP contribution in [0.25, 0.3) is 10.6 Å². The molecule has 3 rings (SSSR count). The molecule has 1 heterocycles. The lowest BCUT2D eigenvalue weighted by Crippen LogP contribution is -2.14. The van der Waals surface area contributed by atoms with Gasteiger partial charge in [-0.15, -0.1) is 23.1 Å². The lowest BCUT2D eigenvalue weighted by molar-refractivity contribution is -0.113. The molecule has 9 heteroatoms. The Morgan fingerprint density at radius 1 is 1.21 bits per heavy atom. The van der Waals surface area contributed by atoms with Crippen molar-refractivity contribution >= 4 is 46.3 Å². The third-order valence-electron chi connectivity index (χ3n) is 3.87. The number of methoxy groups -OCH3 is 2. The summed E-state index contributed by atoms with van der Waals surface area (Å²) in [5.41, 5.74) is 2.22. The molecule has 1 N–H and O–H groups in total. The first-order valence-corrected chi connectivity index (χ1v) is 10.9. The number of amides is 1. The average Bonchev–Trinajstić information content (AvgIpc) is 3.18. The lowest BCUT2D eigenvalue weighted by Gasteiger charge is -2.08. The van der Waals surface area contributed by atoms with Crippen molar-refractivity contribution in [3.05, 3.63) is 58.3 Å². The Labute approximate surface area is 181 Å². The molecule has 0 saturated heterocycles. The number of benzene rings is 2. The summed E-state index contributed by atoms with van der Waals surface area (Å²) in [4.78, 5) is 16.7. The number of thioether (sulfide) groups is 1. The maximum atomic E-state index is 13.1. The molecule has 0 atom stereocenters. The van der Waals surface area contributed by atoms with Crippen molar-refractivity contribution in [3.63, 3.8) is 0 Å². The van der Waals surface area contributed by atoms with Gasteiger partial charge >= 0.3 is 0 Å². The summed E-state index contributed by atoms with van der Waals surface area (Å²) in [7, 11) is 3.19. The zero-order chi connectivity index (χ0) is 20.8. The van der Waals surface area contributed by atoms with Gasteiger partial charge in [-0.05, 0) is 36.4 Å². The predicted molar refractivity (Wildman–Crippen MR) is 117 cm³/mol. The molecule has 1 amide bonds. The molecule has 152 valence electrons. The fraction of sp³-hybridized carbons (Fsp3) is 0.200. The van der Waals surface area contributed by atoms with E-state index in [1.54, 1.807) is 14.2 Å². The molecule has 3 aromatic rings. The standard InChI is InChI=1S/C20H18ClFN2O3S2/c1-26-17-6-3-12(7-18(17)27-2)20-23-14(10-29-20)9-28-11-19(25)24-16-5-4-13(22)8-15(16)21/h3-8,10H,9,11H2,1-2H3,(H,24,25). The quantitative estimate of drug-likeness (QED) is 0.489. The van der Waals surface area contributed by atoms with Gasteiger partial charge in [-0.2, -0.15) is 0 Å². The molecular formula is C20H18ClFN2O3S2. The minimum absolute atomic E-state index is 0.169. The molecule has 0 aliphatic carbocycles. The van der Waals surface area contributed by atoms with E-state index in [-0.39, 0.29) is 16.7 Å². The van der Waals surface area contributed by atoms with Crippen LogP contribution >= 0.6 is 34.7 Å². The van der Waals surface area contributed by atoms with Crippen molar-refractivity contribution in [2.45, 2.75) is 5.75 Å². The smallest absolute Gasteiger partial charge is 0.234 e. The van der Waals surface area contributed by atoms with Crippen molar-refractivity contribution in [2.75, 3.05) is 25.3 Å². The maximum absolute atomic E-state index is 13.1. The first-order chi connectivity index (χ1) is 14.0. The molecule has 5 nitrogen and oxygen atoms in total. The summed E-state index contributed by atoms with van der Waals surface area (Å²) < 4.78 is 23.6. The van der Waals surface area contributed by atoms with Gasteiger partial charge in [-0.25, -0.2) is 9.37 Å². The average molecular weight is 453 g/mol. The van der Waals surface area contributed by atoms with Gasteiger partial charge in [0.2, 0.25) is 5.91 Å². The summed E-state index contributed by atoms with van der Waals surface area (Å²) in [5.74, 6) is 1.48. The minimum atomic E-state index is -0.448. The number of thiazole rings is 1. The van der Waals surface area contributed by atoms with Crippen LogP contribution in [0, 0.1) is 5.82 Å². The van der Waals surface area contributed by atoms with Crippen LogP contribution in [0.5, 0.6) is 11.5 Å². The largest absolute Gasteiger partial charge is 0.493 e. The SMILES string of the molecule is COc1ccc(-c2nc(CSCC(=O)Nc3ccc(F)cc3Cl)cs2)cc1OC. The highest BCUT2D eigenvalue weighted by Crippen LogP contribution is 2.34. The van der Waals surface area contributed by atoms with Gasteiger partial charge in [0.15, 0.2) is 11.5 Å². The molecule has 0 saturated carbocycles. The van der Waals surface area contributed by atoms with Crippen LogP contribution in [0.3, 0.4) is 0 Å². The van der Waals surface area contributed by atoms with Crippen LogP contribution in [-0.4, -0.2) is 30.9 Å². The summed E-state index contributed by atoms with van der Waals surface area (Å²) in [6, 6.07) is 9.51. The Balaban J connectivity index is 1.55. The lowest BCUT2D eigenvalue weighted by atomic mass is 10.2. The Bertz CT molecular complexity index is 1010. The summed E-state index contributed by atoms with van der Waals surface area (Å²) >= 11 is 8.88. The van der Waals surface area contributed by atoms with Crippen LogP contribution in [-0.2, 0) is 10.5 Å². The Morgan fingerprint density at radius 2 is 2.00 bits per heavy atom. The van der Waals surface area contributed by atoms with Crippen LogP contribution in [0.15, 0.2) is 41.8 Å². The summed E-state index contributed by atoms with van der Waals surface area (Å²) in [6.07, 6.45) is 0. The number of rotatable bonds is 8. The first kappa shape index (κ1) is 21.4. The molecule has 0 spiro atoms. The van der Waals surface area contributed by atoms with Crippen LogP contribution in [0.4, 0.5) is 10.1 Å². The van der Waals surface area contributed by atoms with Crippen LogP contribution in [0.1, 0.15) is 5.69 Å². The van der Waals surface area contributed by atoms with Crippen molar-refractivity contribution in [3.8, 4) is 22.1 Å². The number of aromatic nitrogens is 1. The van der Waals surface area contributed by atoms with Crippen molar-refractivity contribution < 1.29 is 18.7 Å². The predicted octanol–water partition coefficient (Wildman–Crippen LogP) is 5.49. The van der Waals surface area contributed by atoms with Crippen molar-refractivity contribution in [1.29, 1.82) is 0 Å². The van der Waals surface area contributed by atoms with Gasteiger partial charge in [0.05, 0.1) is 36.4 Å². The van der Waals surface area contributed by atoms with Crippen LogP contribution in [0.2, 0.25) is 5.02 Å². The highest BCUT2D eigenvalue weighted by atomic mass is 35.5. The fourth-order valence-corrected chi connectivity index (χ4v) is 4.35. The molecule has 0 bridgehead atoms. The summed E-state index contributed by atoms with van der Waals surface area (Å²) in [6.45, 7) is 0. The second-order valence-corrected chi connectivity index (χ2v) is 8.13. The molecule has 0 fully saturated rings. The van der Waals surface area contributed by atoms with Gasteiger partial charge in [0.1, 0.15) is 10.8 Å². The van der Waals surface area contributed by atoms with Gasteiger partial charge < -0.3 is 14.8 Å². The number of carbonyl (C=O) groups excluding carboxylic acids is 1. The van der Waals surface area contributed by atoms with E-state index in [1.807, 2.05) is 23.6 Å². The highest BCUT2D eigenvalue weighted by molar-refractivity contribution is 7.99. The maximum Gasteiger partial charge on any atom is 0.234 e. The molecule has 1 aromatic heterocycles. The van der Waals surface area contributed by atoms with Crippen molar-refractivity contribution in [1.82, 2.24) is 4.98 Å². The molecular weight excluding hydrogens is 435 g/mol. The number of nitrogens with zero attached hydrogens (tertiary/aromatic N) is 1. The van der Waals surface area contributed by atoms with E-state index in [4.69, 9.17) is 21.1 Å². The minimum Gasteiger partial charge on any atom is -0.493 e. The topological polar surface area (TPSA) is 60.5 Å². The Morgan fingerprint density at radius 3 is 2.72 bits per heavy atom. The van der Waals surface area contributed by atoms with E-state index in [0.29, 0.717) is 22.9 Å². The molecule has 0 radical (unpaired) electrons. The zero-order valence-electron chi connectivity index (χ0n) is 15.7. The molecule has 29 heavy (non-hydrogen) atoms. The Hall–Kier alpha value is -2.29. The Kier molecular flexibility index (Phi) is 7.35. The summed E-state index contributed by atoms with van der Waals surface area (Å²) in [5, 5.41) is 5.68. The van der Waals surface area contributed by atoms with E-state index in [0.717, 1.165) is 22.3 Å². The van der Waals surface area contributed by atoms with E-state index in [9.17, 15) is 9.18 Å². The molecule has 0 aliphatic rings. The third kappa shape index (κ3) is 5.62. The second-order valence-electron chi connectivity index (χ2n) is 5.88. The van der Waals surface area contributed by atoms with Crippen LogP contribution < -0.4 is 14.8 Å². The van der Waals surface area contributed by atoms with Gasteiger partial charge in [-0.1, -0.05) is 11.6 Å². The van der Waals surface area contributed by atoms with Gasteiger partial charge in [-0.3, -0.25) is 4.79 Å². The van der Waals surface area contributed by atoms with Gasteiger partial charge in [0.25, 0.3) is 0 Å². The normalized spacial score (nSPS) is 10.6. The molecule has 2 aromatic carbocycles.